The molecule has 1 aromatic carbocycles. The summed E-state index contributed by atoms with van der Waals surface area (Å²) in [4.78, 5) is 25.6. The molecule has 1 aliphatic carbocycles. The van der Waals surface area contributed by atoms with Gasteiger partial charge >= 0.3 is 5.97 Å². The van der Waals surface area contributed by atoms with Crippen LogP contribution in [0.2, 0.25) is 0 Å². The molecule has 1 aromatic heterocycles. The molecule has 0 saturated heterocycles. The molecule has 1 aliphatic rings. The van der Waals surface area contributed by atoms with Crippen LogP contribution in [0.3, 0.4) is 0 Å². The number of carboxylic acid groups (broad SMARTS) is 1. The summed E-state index contributed by atoms with van der Waals surface area (Å²) in [5.41, 5.74) is 2.48. The van der Waals surface area contributed by atoms with Crippen molar-refractivity contribution in [2.24, 2.45) is 5.92 Å². The SMILES string of the molecule is Cc1ccccc1-n1cc(C(=O)N(CC(C)C(=O)O)C2CC2)cn1. The fourth-order valence-electron chi connectivity index (χ4n) is 2.71. The van der Waals surface area contributed by atoms with Crippen molar-refractivity contribution in [3.8, 4) is 5.69 Å². The van der Waals surface area contributed by atoms with E-state index in [1.54, 1.807) is 28.9 Å². The summed E-state index contributed by atoms with van der Waals surface area (Å²) < 4.78 is 1.69. The molecule has 1 unspecified atom stereocenters. The Morgan fingerprint density at radius 1 is 1.38 bits per heavy atom. The molecule has 6 heteroatoms. The second kappa shape index (κ2) is 6.47. The minimum absolute atomic E-state index is 0.148. The third kappa shape index (κ3) is 3.32. The molecule has 0 radical (unpaired) electrons. The van der Waals surface area contributed by atoms with E-state index in [0.717, 1.165) is 24.1 Å². The molecular weight excluding hydrogens is 306 g/mol. The zero-order valence-electron chi connectivity index (χ0n) is 13.8. The fourth-order valence-corrected chi connectivity index (χ4v) is 2.71. The first-order valence-corrected chi connectivity index (χ1v) is 8.12. The normalized spacial score (nSPS) is 15.1. The molecule has 1 atom stereocenters. The topological polar surface area (TPSA) is 75.4 Å². The highest BCUT2D eigenvalue weighted by Gasteiger charge is 2.35. The lowest BCUT2D eigenvalue weighted by atomic mass is 10.1. The van der Waals surface area contributed by atoms with Gasteiger partial charge in [-0.2, -0.15) is 5.10 Å². The molecule has 2 aromatic rings. The predicted molar refractivity (Wildman–Crippen MR) is 89.2 cm³/mol. The van der Waals surface area contributed by atoms with E-state index >= 15 is 0 Å². The number of carbonyl (C=O) groups is 2. The van der Waals surface area contributed by atoms with Crippen LogP contribution in [0.25, 0.3) is 5.69 Å². The van der Waals surface area contributed by atoms with Gasteiger partial charge in [-0.05, 0) is 31.4 Å². The summed E-state index contributed by atoms with van der Waals surface area (Å²) in [6.07, 6.45) is 5.13. The summed E-state index contributed by atoms with van der Waals surface area (Å²) in [5, 5.41) is 13.4. The van der Waals surface area contributed by atoms with Crippen molar-refractivity contribution in [3.63, 3.8) is 0 Å². The molecule has 1 saturated carbocycles. The Morgan fingerprint density at radius 2 is 2.08 bits per heavy atom. The van der Waals surface area contributed by atoms with Crippen LogP contribution >= 0.6 is 0 Å². The lowest BCUT2D eigenvalue weighted by molar-refractivity contribution is -0.141. The number of para-hydroxylation sites is 1. The number of hydrogen-bond donors (Lipinski definition) is 1. The van der Waals surface area contributed by atoms with E-state index in [9.17, 15) is 9.59 Å². The van der Waals surface area contributed by atoms with Gasteiger partial charge in [0.05, 0.1) is 23.4 Å². The second-order valence-electron chi connectivity index (χ2n) is 6.39. The van der Waals surface area contributed by atoms with Gasteiger partial charge in [0, 0.05) is 18.8 Å². The van der Waals surface area contributed by atoms with Crippen LogP contribution in [0.5, 0.6) is 0 Å². The number of aliphatic carboxylic acids is 1. The van der Waals surface area contributed by atoms with Crippen LogP contribution in [0.15, 0.2) is 36.7 Å². The first-order valence-electron chi connectivity index (χ1n) is 8.12. The highest BCUT2D eigenvalue weighted by Crippen LogP contribution is 2.29. The molecule has 1 heterocycles. The van der Waals surface area contributed by atoms with Crippen LogP contribution < -0.4 is 0 Å². The van der Waals surface area contributed by atoms with Gasteiger partial charge in [-0.25, -0.2) is 4.68 Å². The maximum Gasteiger partial charge on any atom is 0.308 e. The molecule has 0 spiro atoms. The highest BCUT2D eigenvalue weighted by molar-refractivity contribution is 5.94. The van der Waals surface area contributed by atoms with Crippen molar-refractivity contribution in [2.45, 2.75) is 32.7 Å². The first kappa shape index (κ1) is 16.2. The van der Waals surface area contributed by atoms with E-state index in [1.807, 2.05) is 31.2 Å². The van der Waals surface area contributed by atoms with Crippen LogP contribution in [-0.2, 0) is 4.79 Å². The molecule has 1 fully saturated rings. The second-order valence-corrected chi connectivity index (χ2v) is 6.39. The Labute approximate surface area is 140 Å². The van der Waals surface area contributed by atoms with Gasteiger partial charge in [0.25, 0.3) is 5.91 Å². The van der Waals surface area contributed by atoms with Crippen LogP contribution in [0.4, 0.5) is 0 Å². The largest absolute Gasteiger partial charge is 0.481 e. The molecule has 126 valence electrons. The monoisotopic (exact) mass is 327 g/mol. The zero-order valence-corrected chi connectivity index (χ0v) is 13.8. The van der Waals surface area contributed by atoms with E-state index in [0.29, 0.717) is 5.56 Å². The van der Waals surface area contributed by atoms with Crippen LogP contribution in [0.1, 0.15) is 35.7 Å². The average molecular weight is 327 g/mol. The third-order valence-corrected chi connectivity index (χ3v) is 4.33. The summed E-state index contributed by atoms with van der Waals surface area (Å²) >= 11 is 0. The van der Waals surface area contributed by atoms with E-state index in [2.05, 4.69) is 5.10 Å². The maximum absolute atomic E-state index is 12.8. The minimum Gasteiger partial charge on any atom is -0.481 e. The summed E-state index contributed by atoms with van der Waals surface area (Å²) in [7, 11) is 0. The van der Waals surface area contributed by atoms with Gasteiger partial charge in [0.15, 0.2) is 0 Å². The van der Waals surface area contributed by atoms with Gasteiger partial charge in [0.1, 0.15) is 0 Å². The molecule has 3 rings (SSSR count). The van der Waals surface area contributed by atoms with E-state index in [4.69, 9.17) is 5.11 Å². The number of amides is 1. The highest BCUT2D eigenvalue weighted by atomic mass is 16.4. The van der Waals surface area contributed by atoms with Crippen LogP contribution in [0, 0.1) is 12.8 Å². The molecule has 1 amide bonds. The van der Waals surface area contributed by atoms with E-state index < -0.39 is 11.9 Å². The van der Waals surface area contributed by atoms with Crippen molar-refractivity contribution in [2.75, 3.05) is 6.54 Å². The van der Waals surface area contributed by atoms with Gasteiger partial charge < -0.3 is 10.0 Å². The van der Waals surface area contributed by atoms with Gasteiger partial charge in [-0.15, -0.1) is 0 Å². The van der Waals surface area contributed by atoms with Gasteiger partial charge in [-0.3, -0.25) is 9.59 Å². The number of aryl methyl sites for hydroxylation is 1. The molecule has 0 aliphatic heterocycles. The van der Waals surface area contributed by atoms with Crippen molar-refractivity contribution in [1.29, 1.82) is 0 Å². The number of benzene rings is 1. The lowest BCUT2D eigenvalue weighted by Gasteiger charge is -2.23. The maximum atomic E-state index is 12.8. The Kier molecular flexibility index (Phi) is 4.38. The fraction of sp³-hybridized carbons (Fsp3) is 0.389. The zero-order chi connectivity index (χ0) is 17.3. The van der Waals surface area contributed by atoms with Crippen molar-refractivity contribution >= 4 is 11.9 Å². The summed E-state index contributed by atoms with van der Waals surface area (Å²) in [6.45, 7) is 3.85. The Balaban J connectivity index is 1.81. The Morgan fingerprint density at radius 3 is 2.71 bits per heavy atom. The first-order chi connectivity index (χ1) is 11.5. The van der Waals surface area contributed by atoms with Crippen LogP contribution in [-0.4, -0.2) is 44.3 Å². The number of rotatable bonds is 6. The number of carboxylic acids is 1. The average Bonchev–Trinajstić information content (AvgIpc) is 3.28. The number of nitrogens with zero attached hydrogens (tertiary/aromatic N) is 3. The Hall–Kier alpha value is -2.63. The minimum atomic E-state index is -0.885. The predicted octanol–water partition coefficient (Wildman–Crippen LogP) is 2.51. The standard InChI is InChI=1S/C18H21N3O3/c1-12-5-3-4-6-16(12)21-11-14(9-19-21)17(22)20(15-7-8-15)10-13(2)18(23)24/h3-6,9,11,13,15H,7-8,10H2,1-2H3,(H,23,24). The molecule has 6 nitrogen and oxygen atoms in total. The lowest BCUT2D eigenvalue weighted by Crippen LogP contribution is -2.38. The van der Waals surface area contributed by atoms with Gasteiger partial charge in [0.2, 0.25) is 0 Å². The van der Waals surface area contributed by atoms with Crippen molar-refractivity contribution < 1.29 is 14.7 Å². The van der Waals surface area contributed by atoms with Gasteiger partial charge in [-0.1, -0.05) is 25.1 Å². The quantitative estimate of drug-likeness (QED) is 0.884. The smallest absolute Gasteiger partial charge is 0.308 e. The Bertz CT molecular complexity index is 764. The number of carbonyl (C=O) groups excluding carboxylic acids is 1. The summed E-state index contributed by atoms with van der Waals surface area (Å²) in [6, 6.07) is 7.97. The number of aromatic nitrogens is 2. The number of hydrogen-bond acceptors (Lipinski definition) is 3. The molecule has 24 heavy (non-hydrogen) atoms. The summed E-state index contributed by atoms with van der Waals surface area (Å²) in [5.74, 6) is -1.62. The molecular formula is C18H21N3O3. The van der Waals surface area contributed by atoms with Crippen molar-refractivity contribution in [1.82, 2.24) is 14.7 Å². The van der Waals surface area contributed by atoms with E-state index in [-0.39, 0.29) is 18.5 Å². The third-order valence-electron chi connectivity index (χ3n) is 4.33. The van der Waals surface area contributed by atoms with Crippen molar-refractivity contribution in [3.05, 3.63) is 47.8 Å². The molecule has 1 N–H and O–H groups in total. The molecule has 0 bridgehead atoms. The van der Waals surface area contributed by atoms with E-state index in [1.165, 1.54) is 0 Å².